The summed E-state index contributed by atoms with van der Waals surface area (Å²) < 4.78 is 3.94. The highest BCUT2D eigenvalue weighted by molar-refractivity contribution is 5.69. The average Bonchev–Trinajstić information content (AvgIpc) is 3.01. The fourth-order valence-electron chi connectivity index (χ4n) is 2.62. The summed E-state index contributed by atoms with van der Waals surface area (Å²) in [4.78, 5) is 28.4. The molecule has 1 unspecified atom stereocenters. The number of nitrogens with zero attached hydrogens (tertiary/aromatic N) is 4. The molecule has 0 radical (unpaired) electrons. The number of aryl methyl sites for hydroxylation is 1. The average molecular weight is 329 g/mol. The highest BCUT2D eigenvalue weighted by Gasteiger charge is 2.16. The van der Waals surface area contributed by atoms with Gasteiger partial charge in [0.25, 0.3) is 5.56 Å². The number of para-hydroxylation sites is 1. The van der Waals surface area contributed by atoms with Gasteiger partial charge >= 0.3 is 5.69 Å². The number of hydrogen-bond acceptors (Lipinski definition) is 5. The Labute approximate surface area is 137 Å². The molecule has 0 aliphatic rings. The molecule has 0 amide bonds. The molecule has 3 rings (SSSR count). The summed E-state index contributed by atoms with van der Waals surface area (Å²) in [6, 6.07) is 9.54. The Balaban J connectivity index is 1.83. The van der Waals surface area contributed by atoms with Gasteiger partial charge in [-0.3, -0.25) is 13.9 Å². The first kappa shape index (κ1) is 16.0. The van der Waals surface area contributed by atoms with E-state index in [0.717, 1.165) is 10.3 Å². The number of aliphatic hydroxyl groups excluding tert-OH is 1. The van der Waals surface area contributed by atoms with Gasteiger partial charge in [-0.25, -0.2) is 9.78 Å². The van der Waals surface area contributed by atoms with Crippen LogP contribution < -0.4 is 16.6 Å². The molecule has 2 heterocycles. The predicted octanol–water partition coefficient (Wildman–Crippen LogP) is -0.0933. The van der Waals surface area contributed by atoms with E-state index in [4.69, 9.17) is 0 Å². The normalized spacial score (nSPS) is 12.5. The third kappa shape index (κ3) is 2.83. The van der Waals surface area contributed by atoms with E-state index in [9.17, 15) is 14.7 Å². The fraction of sp³-hybridized carbons (Fsp3) is 0.312. The molecule has 0 bridgehead atoms. The maximum absolute atomic E-state index is 12.3. The van der Waals surface area contributed by atoms with E-state index in [0.29, 0.717) is 17.7 Å². The first-order valence-corrected chi connectivity index (χ1v) is 7.57. The SMILES string of the molecule is Cn1c(=O)c2c(ncn2CC(O)CNc2ccccc2)n(C)c1=O. The molecule has 0 spiro atoms. The van der Waals surface area contributed by atoms with Crippen LogP contribution in [0.5, 0.6) is 0 Å². The minimum atomic E-state index is -0.718. The summed E-state index contributed by atoms with van der Waals surface area (Å²) in [6.07, 6.45) is 0.751. The minimum absolute atomic E-state index is 0.198. The number of aliphatic hydroxyl groups is 1. The van der Waals surface area contributed by atoms with E-state index in [-0.39, 0.29) is 6.54 Å². The van der Waals surface area contributed by atoms with E-state index >= 15 is 0 Å². The first-order chi connectivity index (χ1) is 11.5. The summed E-state index contributed by atoms with van der Waals surface area (Å²) in [5.74, 6) is 0. The predicted molar refractivity (Wildman–Crippen MR) is 91.2 cm³/mol. The van der Waals surface area contributed by atoms with Crippen LogP contribution in [0.15, 0.2) is 46.2 Å². The zero-order valence-electron chi connectivity index (χ0n) is 13.5. The van der Waals surface area contributed by atoms with Gasteiger partial charge in [-0.05, 0) is 12.1 Å². The second kappa shape index (κ2) is 6.32. The van der Waals surface area contributed by atoms with Gasteiger partial charge < -0.3 is 15.0 Å². The lowest BCUT2D eigenvalue weighted by Crippen LogP contribution is -2.38. The Bertz CT molecular complexity index is 971. The topological polar surface area (TPSA) is 94.1 Å². The molecule has 2 N–H and O–H groups in total. The molecule has 126 valence electrons. The minimum Gasteiger partial charge on any atom is -0.389 e. The Morgan fingerprint density at radius 2 is 1.88 bits per heavy atom. The molecule has 1 atom stereocenters. The second-order valence-electron chi connectivity index (χ2n) is 5.68. The standard InChI is InChI=1S/C16H19N5O3/c1-19-14-13(15(23)20(2)16(19)24)21(10-18-14)9-12(22)8-17-11-6-4-3-5-7-11/h3-7,10,12,17,22H,8-9H2,1-2H3. The van der Waals surface area contributed by atoms with Gasteiger partial charge in [-0.15, -0.1) is 0 Å². The molecule has 2 aromatic heterocycles. The summed E-state index contributed by atoms with van der Waals surface area (Å²) in [7, 11) is 2.99. The van der Waals surface area contributed by atoms with Crippen LogP contribution in [-0.2, 0) is 20.6 Å². The molecule has 0 saturated carbocycles. The Morgan fingerprint density at radius 1 is 1.17 bits per heavy atom. The van der Waals surface area contributed by atoms with Crippen molar-refractivity contribution in [1.82, 2.24) is 18.7 Å². The van der Waals surface area contributed by atoms with Crippen molar-refractivity contribution in [2.45, 2.75) is 12.6 Å². The zero-order chi connectivity index (χ0) is 17.3. The third-order valence-electron chi connectivity index (χ3n) is 3.94. The van der Waals surface area contributed by atoms with Crippen molar-refractivity contribution in [2.75, 3.05) is 11.9 Å². The van der Waals surface area contributed by atoms with Crippen LogP contribution in [-0.4, -0.2) is 36.4 Å². The van der Waals surface area contributed by atoms with Crippen molar-refractivity contribution in [2.24, 2.45) is 14.1 Å². The highest BCUT2D eigenvalue weighted by Crippen LogP contribution is 2.08. The number of nitrogens with one attached hydrogen (secondary N) is 1. The fourth-order valence-corrected chi connectivity index (χ4v) is 2.62. The van der Waals surface area contributed by atoms with E-state index in [2.05, 4.69) is 10.3 Å². The molecule has 0 saturated heterocycles. The summed E-state index contributed by atoms with van der Waals surface area (Å²) >= 11 is 0. The number of hydrogen-bond donors (Lipinski definition) is 2. The highest BCUT2D eigenvalue weighted by atomic mass is 16.3. The van der Waals surface area contributed by atoms with Gasteiger partial charge in [0.2, 0.25) is 0 Å². The lowest BCUT2D eigenvalue weighted by molar-refractivity contribution is 0.168. The number of aromatic nitrogens is 4. The van der Waals surface area contributed by atoms with Crippen LogP contribution in [0.25, 0.3) is 11.2 Å². The monoisotopic (exact) mass is 329 g/mol. The molecule has 24 heavy (non-hydrogen) atoms. The van der Waals surface area contributed by atoms with Crippen molar-refractivity contribution in [1.29, 1.82) is 0 Å². The summed E-state index contributed by atoms with van der Waals surface area (Å²) in [5.41, 5.74) is 0.674. The number of benzene rings is 1. The van der Waals surface area contributed by atoms with Crippen molar-refractivity contribution in [3.63, 3.8) is 0 Å². The largest absolute Gasteiger partial charge is 0.389 e. The van der Waals surface area contributed by atoms with Crippen LogP contribution in [0.4, 0.5) is 5.69 Å². The second-order valence-corrected chi connectivity index (χ2v) is 5.68. The number of rotatable bonds is 5. The van der Waals surface area contributed by atoms with Crippen molar-refractivity contribution >= 4 is 16.9 Å². The molecule has 1 aromatic carbocycles. The molecule has 0 fully saturated rings. The molecule has 0 aliphatic carbocycles. The third-order valence-corrected chi connectivity index (χ3v) is 3.94. The van der Waals surface area contributed by atoms with Crippen LogP contribution in [0, 0.1) is 0 Å². The lowest BCUT2D eigenvalue weighted by Gasteiger charge is -2.14. The van der Waals surface area contributed by atoms with Crippen molar-refractivity contribution in [3.05, 3.63) is 57.5 Å². The summed E-state index contributed by atoms with van der Waals surface area (Å²) in [5, 5.41) is 13.4. The van der Waals surface area contributed by atoms with Crippen LogP contribution in [0.1, 0.15) is 0 Å². The molecule has 0 aliphatic heterocycles. The molecule has 3 aromatic rings. The van der Waals surface area contributed by atoms with E-state index in [1.807, 2.05) is 30.3 Å². The van der Waals surface area contributed by atoms with Gasteiger partial charge in [0.1, 0.15) is 0 Å². The molecular weight excluding hydrogens is 310 g/mol. The van der Waals surface area contributed by atoms with Crippen LogP contribution in [0.2, 0.25) is 0 Å². The van der Waals surface area contributed by atoms with Gasteiger partial charge in [0.15, 0.2) is 11.2 Å². The molecule has 8 heteroatoms. The van der Waals surface area contributed by atoms with Crippen LogP contribution >= 0.6 is 0 Å². The Morgan fingerprint density at radius 3 is 2.58 bits per heavy atom. The zero-order valence-corrected chi connectivity index (χ0v) is 13.5. The lowest BCUT2D eigenvalue weighted by atomic mass is 10.3. The van der Waals surface area contributed by atoms with Crippen molar-refractivity contribution < 1.29 is 5.11 Å². The molecule has 8 nitrogen and oxygen atoms in total. The first-order valence-electron chi connectivity index (χ1n) is 7.57. The van der Waals surface area contributed by atoms with Gasteiger partial charge in [0, 0.05) is 26.3 Å². The number of imidazole rings is 1. The Kier molecular flexibility index (Phi) is 4.22. The quantitative estimate of drug-likeness (QED) is 0.682. The summed E-state index contributed by atoms with van der Waals surface area (Å²) in [6.45, 7) is 0.527. The van der Waals surface area contributed by atoms with Gasteiger partial charge in [-0.2, -0.15) is 0 Å². The van der Waals surface area contributed by atoms with Crippen LogP contribution in [0.3, 0.4) is 0 Å². The number of anilines is 1. The smallest absolute Gasteiger partial charge is 0.332 e. The van der Waals surface area contributed by atoms with Crippen molar-refractivity contribution in [3.8, 4) is 0 Å². The van der Waals surface area contributed by atoms with Gasteiger partial charge in [0.05, 0.1) is 19.0 Å². The Hall–Kier alpha value is -2.87. The maximum atomic E-state index is 12.3. The van der Waals surface area contributed by atoms with E-state index in [1.54, 1.807) is 11.6 Å². The van der Waals surface area contributed by atoms with E-state index in [1.165, 1.54) is 17.9 Å². The number of fused-ring (bicyclic) bond motifs is 1. The molecular formula is C16H19N5O3. The van der Waals surface area contributed by atoms with Gasteiger partial charge in [-0.1, -0.05) is 18.2 Å². The van der Waals surface area contributed by atoms with E-state index < -0.39 is 17.4 Å². The maximum Gasteiger partial charge on any atom is 0.332 e.